The minimum absolute atomic E-state index is 0.429. The highest BCUT2D eigenvalue weighted by Crippen LogP contribution is 2.39. The predicted octanol–water partition coefficient (Wildman–Crippen LogP) is 5.38. The maximum atomic E-state index is 6.26. The first-order chi connectivity index (χ1) is 14.8. The average molecular weight is 434 g/mol. The molecule has 148 valence electrons. The van der Waals surface area contributed by atoms with Crippen LogP contribution in [0.2, 0.25) is 5.02 Å². The molecule has 0 radical (unpaired) electrons. The van der Waals surface area contributed by atoms with Crippen LogP contribution in [0.1, 0.15) is 17.4 Å². The summed E-state index contributed by atoms with van der Waals surface area (Å²) in [7, 11) is 0. The molecule has 4 aromatic rings. The lowest BCUT2D eigenvalue weighted by Crippen LogP contribution is -2.17. The van der Waals surface area contributed by atoms with E-state index in [1.165, 1.54) is 11.8 Å². The Morgan fingerprint density at radius 1 is 1.00 bits per heavy atom. The number of halogens is 1. The van der Waals surface area contributed by atoms with Gasteiger partial charge in [-0.3, -0.25) is 4.98 Å². The summed E-state index contributed by atoms with van der Waals surface area (Å²) in [5, 5.41) is 13.4. The first-order valence-electron chi connectivity index (χ1n) is 9.31. The van der Waals surface area contributed by atoms with Crippen molar-refractivity contribution in [3.05, 3.63) is 89.2 Å². The summed E-state index contributed by atoms with van der Waals surface area (Å²) < 4.78 is 6.24. The van der Waals surface area contributed by atoms with Crippen LogP contribution in [-0.4, -0.2) is 20.2 Å². The summed E-state index contributed by atoms with van der Waals surface area (Å²) in [5.41, 5.74) is 4.30. The number of para-hydroxylation sites is 1. The second kappa shape index (κ2) is 8.30. The molecule has 0 saturated heterocycles. The van der Waals surface area contributed by atoms with Gasteiger partial charge in [0.15, 0.2) is 11.9 Å². The second-order valence-corrected chi connectivity index (χ2v) is 7.95. The lowest BCUT2D eigenvalue weighted by Gasteiger charge is -2.18. The Morgan fingerprint density at radius 3 is 2.73 bits per heavy atom. The van der Waals surface area contributed by atoms with E-state index in [9.17, 15) is 0 Å². The van der Waals surface area contributed by atoms with Crippen molar-refractivity contribution in [2.75, 3.05) is 5.32 Å². The van der Waals surface area contributed by atoms with Crippen molar-refractivity contribution in [3.8, 4) is 17.1 Å². The second-order valence-electron chi connectivity index (χ2n) is 6.60. The van der Waals surface area contributed by atoms with E-state index in [0.717, 1.165) is 27.4 Å². The van der Waals surface area contributed by atoms with Gasteiger partial charge in [-0.05, 0) is 23.8 Å². The lowest BCUT2D eigenvalue weighted by atomic mass is 10.1. The fraction of sp³-hybridized carbons (Fsp3) is 0.0909. The molecule has 5 rings (SSSR count). The maximum Gasteiger partial charge on any atom is 0.247 e. The topological polar surface area (TPSA) is 72.8 Å². The van der Waals surface area contributed by atoms with E-state index >= 15 is 0 Å². The van der Waals surface area contributed by atoms with Crippen LogP contribution in [0.15, 0.2) is 78.2 Å². The molecule has 30 heavy (non-hydrogen) atoms. The molecular weight excluding hydrogens is 418 g/mol. The van der Waals surface area contributed by atoms with Crippen LogP contribution in [0.25, 0.3) is 11.3 Å². The maximum absolute atomic E-state index is 6.26. The third-order valence-corrected chi connectivity index (χ3v) is 5.89. The van der Waals surface area contributed by atoms with Crippen molar-refractivity contribution in [3.63, 3.8) is 0 Å². The van der Waals surface area contributed by atoms with Crippen LogP contribution in [0.4, 0.5) is 5.69 Å². The van der Waals surface area contributed by atoms with Crippen molar-refractivity contribution in [1.82, 2.24) is 20.2 Å². The standard InChI is InChI=1S/C22H16ClN5OS/c23-17-9-3-1-6-15(17)13-30-22-26-21-19(27-28-22)16-8-2-4-10-18(16)25-20(29-21)14-7-5-11-24-12-14/h1-12,20,25H,13H2/t20-/m0/s1. The Kier molecular flexibility index (Phi) is 5.21. The van der Waals surface area contributed by atoms with Crippen molar-refractivity contribution >= 4 is 29.1 Å². The lowest BCUT2D eigenvalue weighted by molar-refractivity contribution is 0.225. The number of benzene rings is 2. The first kappa shape index (κ1) is 18.8. The third kappa shape index (κ3) is 3.81. The van der Waals surface area contributed by atoms with Gasteiger partial charge in [-0.1, -0.05) is 65.8 Å². The predicted molar refractivity (Wildman–Crippen MR) is 118 cm³/mol. The Morgan fingerprint density at radius 2 is 1.87 bits per heavy atom. The van der Waals surface area contributed by atoms with Gasteiger partial charge in [0, 0.05) is 40.0 Å². The summed E-state index contributed by atoms with van der Waals surface area (Å²) in [5.74, 6) is 1.07. The number of nitrogens with one attached hydrogen (secondary N) is 1. The van der Waals surface area contributed by atoms with Gasteiger partial charge in [0.25, 0.3) is 0 Å². The Bertz CT molecular complexity index is 1190. The fourth-order valence-electron chi connectivity index (χ4n) is 3.15. The molecule has 1 atom stereocenters. The van der Waals surface area contributed by atoms with Crippen molar-refractivity contribution in [1.29, 1.82) is 0 Å². The number of rotatable bonds is 4. The van der Waals surface area contributed by atoms with Crippen LogP contribution >= 0.6 is 23.4 Å². The quantitative estimate of drug-likeness (QED) is 0.433. The average Bonchev–Trinajstić information content (AvgIpc) is 2.96. The first-order valence-corrected chi connectivity index (χ1v) is 10.7. The summed E-state index contributed by atoms with van der Waals surface area (Å²) in [6.45, 7) is 0. The number of aromatic nitrogens is 4. The Hall–Kier alpha value is -3.16. The normalized spacial score (nSPS) is 14.6. The third-order valence-electron chi connectivity index (χ3n) is 4.64. The minimum atomic E-state index is -0.445. The number of hydrogen-bond acceptors (Lipinski definition) is 7. The van der Waals surface area contributed by atoms with Gasteiger partial charge in [-0.15, -0.1) is 10.2 Å². The van der Waals surface area contributed by atoms with Crippen LogP contribution in [0.3, 0.4) is 0 Å². The van der Waals surface area contributed by atoms with Gasteiger partial charge in [-0.2, -0.15) is 4.98 Å². The van der Waals surface area contributed by atoms with E-state index in [0.29, 0.717) is 22.5 Å². The van der Waals surface area contributed by atoms with Crippen LogP contribution < -0.4 is 10.1 Å². The highest BCUT2D eigenvalue weighted by Gasteiger charge is 2.26. The number of ether oxygens (including phenoxy) is 1. The monoisotopic (exact) mass is 433 g/mol. The number of anilines is 1. The summed E-state index contributed by atoms with van der Waals surface area (Å²) in [4.78, 5) is 8.86. The molecule has 0 spiro atoms. The van der Waals surface area contributed by atoms with Crippen molar-refractivity contribution in [2.24, 2.45) is 0 Å². The SMILES string of the molecule is Clc1ccccc1CSc1nnc2c(n1)O[C@@H](c1cccnc1)Nc1ccccc1-2. The van der Waals surface area contributed by atoms with E-state index in [2.05, 4.69) is 25.5 Å². The van der Waals surface area contributed by atoms with E-state index in [1.807, 2.05) is 60.7 Å². The van der Waals surface area contributed by atoms with E-state index < -0.39 is 6.23 Å². The summed E-state index contributed by atoms with van der Waals surface area (Å²) in [6.07, 6.45) is 3.06. The molecule has 0 aliphatic carbocycles. The highest BCUT2D eigenvalue weighted by molar-refractivity contribution is 7.98. The number of thioether (sulfide) groups is 1. The molecule has 1 aliphatic rings. The molecular formula is C22H16ClN5OS. The fourth-order valence-corrected chi connectivity index (χ4v) is 4.21. The number of fused-ring (bicyclic) bond motifs is 3. The Balaban J connectivity index is 1.49. The van der Waals surface area contributed by atoms with Crippen LogP contribution in [0, 0.1) is 0 Å². The van der Waals surface area contributed by atoms with Crippen LogP contribution in [-0.2, 0) is 5.75 Å². The molecule has 3 heterocycles. The van der Waals surface area contributed by atoms with Gasteiger partial charge in [0.2, 0.25) is 11.0 Å². The van der Waals surface area contributed by atoms with Crippen molar-refractivity contribution < 1.29 is 4.74 Å². The van der Waals surface area contributed by atoms with Crippen LogP contribution in [0.5, 0.6) is 5.88 Å². The molecule has 2 aromatic heterocycles. The molecule has 6 nitrogen and oxygen atoms in total. The van der Waals surface area contributed by atoms with Crippen molar-refractivity contribution in [2.45, 2.75) is 17.1 Å². The minimum Gasteiger partial charge on any atom is -0.448 e. The zero-order valence-corrected chi connectivity index (χ0v) is 17.3. The summed E-state index contributed by atoms with van der Waals surface area (Å²) in [6, 6.07) is 19.4. The number of pyridine rings is 1. The smallest absolute Gasteiger partial charge is 0.247 e. The van der Waals surface area contributed by atoms with Gasteiger partial charge >= 0.3 is 0 Å². The number of hydrogen-bond donors (Lipinski definition) is 1. The highest BCUT2D eigenvalue weighted by atomic mass is 35.5. The number of nitrogens with zero attached hydrogens (tertiary/aromatic N) is 4. The molecule has 0 bridgehead atoms. The molecule has 0 saturated carbocycles. The Labute approximate surface area is 182 Å². The van der Waals surface area contributed by atoms with E-state index in [4.69, 9.17) is 16.3 Å². The molecule has 1 N–H and O–H groups in total. The zero-order chi connectivity index (χ0) is 20.3. The summed E-state index contributed by atoms with van der Waals surface area (Å²) >= 11 is 7.73. The van der Waals surface area contributed by atoms with Gasteiger partial charge in [0.1, 0.15) is 0 Å². The van der Waals surface area contributed by atoms with Gasteiger partial charge in [-0.25, -0.2) is 0 Å². The van der Waals surface area contributed by atoms with Gasteiger partial charge in [0.05, 0.1) is 0 Å². The van der Waals surface area contributed by atoms with Gasteiger partial charge < -0.3 is 10.1 Å². The molecule has 0 fully saturated rings. The molecule has 0 amide bonds. The molecule has 2 aromatic carbocycles. The molecule has 1 aliphatic heterocycles. The largest absolute Gasteiger partial charge is 0.448 e. The molecule has 0 unspecified atom stereocenters. The molecule has 8 heteroatoms. The van der Waals surface area contributed by atoms with E-state index in [-0.39, 0.29) is 0 Å². The van der Waals surface area contributed by atoms with E-state index in [1.54, 1.807) is 12.4 Å². The zero-order valence-electron chi connectivity index (χ0n) is 15.7.